The summed E-state index contributed by atoms with van der Waals surface area (Å²) in [6.45, 7) is 13.0. The molecule has 4 nitrogen and oxygen atoms in total. The molecule has 1 aromatic heterocycles. The van der Waals surface area contributed by atoms with E-state index in [0.717, 1.165) is 36.3 Å². The van der Waals surface area contributed by atoms with Crippen molar-refractivity contribution in [3.63, 3.8) is 0 Å². The van der Waals surface area contributed by atoms with E-state index in [0.29, 0.717) is 6.04 Å². The second kappa shape index (κ2) is 8.02. The largest absolute Gasteiger partial charge is 0.377 e. The van der Waals surface area contributed by atoms with E-state index in [1.54, 1.807) is 0 Å². The van der Waals surface area contributed by atoms with E-state index in [-0.39, 0.29) is 6.10 Å². The van der Waals surface area contributed by atoms with Gasteiger partial charge in [-0.15, -0.1) is 0 Å². The minimum atomic E-state index is 0.266. The van der Waals surface area contributed by atoms with Crippen molar-refractivity contribution in [1.29, 1.82) is 0 Å². The molecule has 0 aliphatic heterocycles. The summed E-state index contributed by atoms with van der Waals surface area (Å²) in [7, 11) is 0. The molecule has 0 fully saturated rings. The molecule has 0 saturated carbocycles. The Morgan fingerprint density at radius 1 is 1.37 bits per heavy atom. The number of rotatable bonds is 8. The first kappa shape index (κ1) is 16.7. The van der Waals surface area contributed by atoms with Crippen LogP contribution in [0.15, 0.2) is 4.47 Å². The maximum Gasteiger partial charge on any atom is 0.0738 e. The van der Waals surface area contributed by atoms with E-state index in [1.165, 1.54) is 5.69 Å². The van der Waals surface area contributed by atoms with Crippen molar-refractivity contribution in [2.75, 3.05) is 13.2 Å². The van der Waals surface area contributed by atoms with Crippen molar-refractivity contribution < 1.29 is 4.74 Å². The monoisotopic (exact) mass is 331 g/mol. The number of ether oxygens (including phenoxy) is 1. The van der Waals surface area contributed by atoms with Gasteiger partial charge in [0.1, 0.15) is 0 Å². The Kier molecular flexibility index (Phi) is 7.04. The van der Waals surface area contributed by atoms with Gasteiger partial charge >= 0.3 is 0 Å². The van der Waals surface area contributed by atoms with Crippen molar-refractivity contribution in [1.82, 2.24) is 15.1 Å². The molecule has 5 heteroatoms. The van der Waals surface area contributed by atoms with Crippen LogP contribution >= 0.6 is 15.9 Å². The minimum absolute atomic E-state index is 0.266. The summed E-state index contributed by atoms with van der Waals surface area (Å²) in [6.07, 6.45) is 1.19. The fourth-order valence-electron chi connectivity index (χ4n) is 2.08. The molecule has 0 amide bonds. The summed E-state index contributed by atoms with van der Waals surface area (Å²) >= 11 is 3.65. The van der Waals surface area contributed by atoms with Gasteiger partial charge in [0, 0.05) is 19.0 Å². The summed E-state index contributed by atoms with van der Waals surface area (Å²) < 4.78 is 8.94. The minimum Gasteiger partial charge on any atom is -0.377 e. The first-order chi connectivity index (χ1) is 8.99. The summed E-state index contributed by atoms with van der Waals surface area (Å²) in [5, 5.41) is 8.03. The van der Waals surface area contributed by atoms with Crippen molar-refractivity contribution in [2.24, 2.45) is 0 Å². The predicted molar refractivity (Wildman–Crippen MR) is 82.6 cm³/mol. The summed E-state index contributed by atoms with van der Waals surface area (Å²) in [6, 6.07) is 0.324. The zero-order valence-corrected chi connectivity index (χ0v) is 14.2. The average molecular weight is 332 g/mol. The summed E-state index contributed by atoms with van der Waals surface area (Å²) in [5.74, 6) is 0. The standard InChI is InChI=1S/C14H26BrN3O/c1-6-16-12(9-19-10(3)4)8-13-14(15)11(5)17-18(13)7-2/h10,12,16H,6-9H2,1-5H3. The normalized spacial score (nSPS) is 13.2. The van der Waals surface area contributed by atoms with Crippen LogP contribution in [0.3, 0.4) is 0 Å². The van der Waals surface area contributed by atoms with Crippen molar-refractivity contribution in [2.45, 2.75) is 59.7 Å². The smallest absolute Gasteiger partial charge is 0.0738 e. The zero-order chi connectivity index (χ0) is 14.4. The van der Waals surface area contributed by atoms with Gasteiger partial charge in [-0.05, 0) is 50.2 Å². The fourth-order valence-corrected chi connectivity index (χ4v) is 2.53. The van der Waals surface area contributed by atoms with Gasteiger partial charge < -0.3 is 10.1 Å². The SMILES string of the molecule is CCNC(COC(C)C)Cc1c(Br)c(C)nn1CC. The molecule has 1 atom stereocenters. The molecule has 1 unspecified atom stereocenters. The van der Waals surface area contributed by atoms with Gasteiger partial charge in [0.2, 0.25) is 0 Å². The van der Waals surface area contributed by atoms with Crippen LogP contribution in [-0.4, -0.2) is 35.1 Å². The van der Waals surface area contributed by atoms with E-state index in [2.05, 4.69) is 58.7 Å². The topological polar surface area (TPSA) is 39.1 Å². The van der Waals surface area contributed by atoms with Crippen molar-refractivity contribution in [3.05, 3.63) is 15.9 Å². The van der Waals surface area contributed by atoms with E-state index >= 15 is 0 Å². The Balaban J connectivity index is 2.77. The maximum atomic E-state index is 5.74. The molecule has 1 N–H and O–H groups in total. The molecule has 0 aromatic carbocycles. The third kappa shape index (κ3) is 4.89. The molecule has 0 spiro atoms. The lowest BCUT2D eigenvalue weighted by molar-refractivity contribution is 0.0612. The van der Waals surface area contributed by atoms with E-state index in [9.17, 15) is 0 Å². The van der Waals surface area contributed by atoms with Gasteiger partial charge in [0.25, 0.3) is 0 Å². The molecule has 0 radical (unpaired) electrons. The van der Waals surface area contributed by atoms with Crippen LogP contribution in [0.2, 0.25) is 0 Å². The highest BCUT2D eigenvalue weighted by molar-refractivity contribution is 9.10. The van der Waals surface area contributed by atoms with Crippen LogP contribution < -0.4 is 5.32 Å². The van der Waals surface area contributed by atoms with Crippen molar-refractivity contribution in [3.8, 4) is 0 Å². The number of aromatic nitrogens is 2. The van der Waals surface area contributed by atoms with Gasteiger partial charge in [-0.25, -0.2) is 0 Å². The number of hydrogen-bond acceptors (Lipinski definition) is 3. The second-order valence-electron chi connectivity index (χ2n) is 5.00. The van der Waals surface area contributed by atoms with E-state index in [4.69, 9.17) is 4.74 Å². The molecule has 110 valence electrons. The maximum absolute atomic E-state index is 5.74. The number of hydrogen-bond donors (Lipinski definition) is 1. The highest BCUT2D eigenvalue weighted by atomic mass is 79.9. The number of aryl methyl sites for hydroxylation is 2. The second-order valence-corrected chi connectivity index (χ2v) is 5.80. The molecule has 0 aliphatic rings. The van der Waals surface area contributed by atoms with Crippen LogP contribution in [0.4, 0.5) is 0 Å². The van der Waals surface area contributed by atoms with Crippen LogP contribution in [-0.2, 0) is 17.7 Å². The third-order valence-electron chi connectivity index (χ3n) is 3.02. The molecule has 0 bridgehead atoms. The Morgan fingerprint density at radius 2 is 2.05 bits per heavy atom. The van der Waals surface area contributed by atoms with Gasteiger partial charge in [-0.2, -0.15) is 5.10 Å². The van der Waals surface area contributed by atoms with Gasteiger partial charge in [-0.3, -0.25) is 4.68 Å². The molecule has 19 heavy (non-hydrogen) atoms. The van der Waals surface area contributed by atoms with Crippen LogP contribution in [0.25, 0.3) is 0 Å². The summed E-state index contributed by atoms with van der Waals surface area (Å²) in [4.78, 5) is 0. The fraction of sp³-hybridized carbons (Fsp3) is 0.786. The van der Waals surface area contributed by atoms with Crippen LogP contribution in [0, 0.1) is 6.92 Å². The molecule has 1 rings (SSSR count). The highest BCUT2D eigenvalue weighted by Crippen LogP contribution is 2.22. The first-order valence-electron chi connectivity index (χ1n) is 7.06. The Morgan fingerprint density at radius 3 is 2.58 bits per heavy atom. The Bertz CT molecular complexity index is 390. The lowest BCUT2D eigenvalue weighted by Crippen LogP contribution is -2.36. The number of nitrogens with one attached hydrogen (secondary N) is 1. The number of nitrogens with zero attached hydrogens (tertiary/aromatic N) is 2. The molecule has 0 saturated heterocycles. The third-order valence-corrected chi connectivity index (χ3v) is 4.05. The van der Waals surface area contributed by atoms with Crippen LogP contribution in [0.1, 0.15) is 39.1 Å². The van der Waals surface area contributed by atoms with E-state index < -0.39 is 0 Å². The first-order valence-corrected chi connectivity index (χ1v) is 7.85. The lowest BCUT2D eigenvalue weighted by Gasteiger charge is -2.20. The van der Waals surface area contributed by atoms with Gasteiger partial charge in [0.05, 0.1) is 28.6 Å². The average Bonchev–Trinajstić information content (AvgIpc) is 2.63. The van der Waals surface area contributed by atoms with Crippen molar-refractivity contribution >= 4 is 15.9 Å². The van der Waals surface area contributed by atoms with Gasteiger partial charge in [0.15, 0.2) is 0 Å². The predicted octanol–water partition coefficient (Wildman–Crippen LogP) is 2.92. The molecule has 1 heterocycles. The highest BCUT2D eigenvalue weighted by Gasteiger charge is 2.17. The molecule has 0 aliphatic carbocycles. The number of likely N-dealkylation sites (N-methyl/N-ethyl adjacent to an activating group) is 1. The molecular weight excluding hydrogens is 306 g/mol. The Hall–Kier alpha value is -0.390. The van der Waals surface area contributed by atoms with E-state index in [1.807, 2.05) is 6.92 Å². The molecule has 1 aromatic rings. The van der Waals surface area contributed by atoms with Gasteiger partial charge in [-0.1, -0.05) is 6.92 Å². The zero-order valence-electron chi connectivity index (χ0n) is 12.7. The summed E-state index contributed by atoms with van der Waals surface area (Å²) in [5.41, 5.74) is 2.30. The quantitative estimate of drug-likeness (QED) is 0.796. The Labute approximate surface area is 125 Å². The lowest BCUT2D eigenvalue weighted by atomic mass is 10.1. The van der Waals surface area contributed by atoms with Crippen LogP contribution in [0.5, 0.6) is 0 Å². The molecular formula is C14H26BrN3O. The number of halogens is 1.